The summed E-state index contributed by atoms with van der Waals surface area (Å²) in [7, 11) is -4.44. The molecule has 3 N–H and O–H groups in total. The smallest absolute Gasteiger partial charge is 0.252 e. The van der Waals surface area contributed by atoms with Crippen molar-refractivity contribution < 1.29 is 26.7 Å². The Morgan fingerprint density at radius 2 is 2.00 bits per heavy atom. The van der Waals surface area contributed by atoms with Gasteiger partial charge in [-0.2, -0.15) is 4.31 Å². The van der Waals surface area contributed by atoms with Crippen LogP contribution in [0.4, 0.5) is 18.9 Å². The molecule has 0 heterocycles. The van der Waals surface area contributed by atoms with E-state index in [4.69, 9.17) is 10.8 Å². The lowest BCUT2D eigenvalue weighted by Crippen LogP contribution is -2.37. The third kappa shape index (κ3) is 3.82. The summed E-state index contributed by atoms with van der Waals surface area (Å²) in [6.07, 6.45) is -2.93. The van der Waals surface area contributed by atoms with Gasteiger partial charge in [0.1, 0.15) is 10.7 Å². The van der Waals surface area contributed by atoms with Gasteiger partial charge in [-0.3, -0.25) is 0 Å². The van der Waals surface area contributed by atoms with Crippen molar-refractivity contribution in [3.05, 3.63) is 24.0 Å². The van der Waals surface area contributed by atoms with Crippen molar-refractivity contribution in [3.63, 3.8) is 0 Å². The highest BCUT2D eigenvalue weighted by molar-refractivity contribution is 7.89. The van der Waals surface area contributed by atoms with Crippen LogP contribution in [0.3, 0.4) is 0 Å². The first-order chi connectivity index (χ1) is 8.78. The molecular weight excluding hydrogens is 285 g/mol. The maximum atomic E-state index is 13.5. The first-order valence-electron chi connectivity index (χ1n) is 5.23. The Morgan fingerprint density at radius 3 is 2.47 bits per heavy atom. The molecule has 108 valence electrons. The van der Waals surface area contributed by atoms with Crippen molar-refractivity contribution in [2.45, 2.75) is 11.3 Å². The Bertz CT molecular complexity index is 537. The van der Waals surface area contributed by atoms with E-state index >= 15 is 0 Å². The second-order valence-corrected chi connectivity index (χ2v) is 5.57. The molecule has 0 aliphatic rings. The summed E-state index contributed by atoms with van der Waals surface area (Å²) in [5.41, 5.74) is 5.29. The first kappa shape index (κ1) is 15.7. The fraction of sp³-hybridized carbons (Fsp3) is 0.400. The number of anilines is 1. The van der Waals surface area contributed by atoms with Gasteiger partial charge in [0.2, 0.25) is 10.0 Å². The number of hydrogen-bond acceptors (Lipinski definition) is 4. The summed E-state index contributed by atoms with van der Waals surface area (Å²) in [6.45, 7) is -2.31. The van der Waals surface area contributed by atoms with Crippen molar-refractivity contribution >= 4 is 15.7 Å². The van der Waals surface area contributed by atoms with Gasteiger partial charge in [0.15, 0.2) is 0 Å². The largest absolute Gasteiger partial charge is 0.399 e. The molecule has 0 aliphatic heterocycles. The van der Waals surface area contributed by atoms with Gasteiger partial charge in [-0.15, -0.1) is 0 Å². The third-order valence-electron chi connectivity index (χ3n) is 2.26. The fourth-order valence-corrected chi connectivity index (χ4v) is 2.89. The van der Waals surface area contributed by atoms with Gasteiger partial charge in [0.05, 0.1) is 13.2 Å². The van der Waals surface area contributed by atoms with Crippen molar-refractivity contribution in [2.24, 2.45) is 0 Å². The second-order valence-electron chi connectivity index (χ2n) is 3.67. The number of benzene rings is 1. The topological polar surface area (TPSA) is 83.6 Å². The van der Waals surface area contributed by atoms with Crippen LogP contribution >= 0.6 is 0 Å². The molecule has 0 radical (unpaired) electrons. The summed E-state index contributed by atoms with van der Waals surface area (Å²) in [4.78, 5) is -0.754. The number of alkyl halides is 2. The van der Waals surface area contributed by atoms with Gasteiger partial charge in [-0.25, -0.2) is 21.6 Å². The van der Waals surface area contributed by atoms with Crippen molar-refractivity contribution in [3.8, 4) is 0 Å². The number of aliphatic hydroxyl groups is 1. The average Bonchev–Trinajstić information content (AvgIpc) is 2.27. The van der Waals surface area contributed by atoms with Gasteiger partial charge < -0.3 is 10.8 Å². The van der Waals surface area contributed by atoms with Crippen molar-refractivity contribution in [1.29, 1.82) is 0 Å². The minimum absolute atomic E-state index is 0.0130. The van der Waals surface area contributed by atoms with Gasteiger partial charge in [-0.1, -0.05) is 0 Å². The highest BCUT2D eigenvalue weighted by atomic mass is 32.2. The molecule has 0 saturated carbocycles. The van der Waals surface area contributed by atoms with Gasteiger partial charge in [-0.05, 0) is 18.2 Å². The molecule has 0 aliphatic carbocycles. The lowest BCUT2D eigenvalue weighted by molar-refractivity contribution is 0.113. The van der Waals surface area contributed by atoms with E-state index in [0.29, 0.717) is 4.31 Å². The molecule has 0 atom stereocenters. The van der Waals surface area contributed by atoms with Crippen LogP contribution in [0.2, 0.25) is 0 Å². The number of hydrogen-bond donors (Lipinski definition) is 2. The normalized spacial score (nSPS) is 12.3. The second kappa shape index (κ2) is 6.22. The van der Waals surface area contributed by atoms with Crippen LogP contribution in [0.15, 0.2) is 23.1 Å². The molecule has 9 heteroatoms. The van der Waals surface area contributed by atoms with Crippen LogP contribution in [-0.2, 0) is 10.0 Å². The van der Waals surface area contributed by atoms with E-state index in [1.807, 2.05) is 0 Å². The Balaban J connectivity index is 3.18. The number of nitrogens with zero attached hydrogens (tertiary/aromatic N) is 1. The molecule has 1 aromatic carbocycles. The van der Waals surface area contributed by atoms with E-state index in [0.717, 1.165) is 18.2 Å². The number of rotatable bonds is 6. The molecule has 0 saturated heterocycles. The zero-order chi connectivity index (χ0) is 14.6. The molecule has 1 aromatic rings. The molecule has 0 bridgehead atoms. The van der Waals surface area contributed by atoms with E-state index in [-0.39, 0.29) is 5.69 Å². The van der Waals surface area contributed by atoms with E-state index in [1.54, 1.807) is 0 Å². The van der Waals surface area contributed by atoms with Crippen LogP contribution in [0, 0.1) is 5.82 Å². The number of nitrogen functional groups attached to an aromatic ring is 1. The molecule has 0 unspecified atom stereocenters. The number of halogens is 3. The average molecular weight is 298 g/mol. The molecule has 0 fully saturated rings. The zero-order valence-electron chi connectivity index (χ0n) is 9.76. The summed E-state index contributed by atoms with van der Waals surface area (Å²) in [5, 5.41) is 8.71. The SMILES string of the molecule is Nc1ccc(S(=O)(=O)N(CCO)CC(F)F)c(F)c1. The Morgan fingerprint density at radius 1 is 1.37 bits per heavy atom. The maximum Gasteiger partial charge on any atom is 0.252 e. The summed E-state index contributed by atoms with van der Waals surface area (Å²) in [5.74, 6) is -1.13. The predicted octanol–water partition coefficient (Wildman–Crippen LogP) is 0.656. The monoisotopic (exact) mass is 298 g/mol. The molecule has 0 aromatic heterocycles. The van der Waals surface area contributed by atoms with E-state index in [9.17, 15) is 21.6 Å². The van der Waals surface area contributed by atoms with Crippen LogP contribution in [0.25, 0.3) is 0 Å². The van der Waals surface area contributed by atoms with Crippen LogP contribution in [0.1, 0.15) is 0 Å². The summed E-state index contributed by atoms with van der Waals surface area (Å²) < 4.78 is 62.5. The molecule has 0 spiro atoms. The van der Waals surface area contributed by atoms with Gasteiger partial charge in [0.25, 0.3) is 6.43 Å². The van der Waals surface area contributed by atoms with E-state index < -0.39 is 46.9 Å². The number of aliphatic hydroxyl groups excluding tert-OH is 1. The van der Waals surface area contributed by atoms with Crippen LogP contribution < -0.4 is 5.73 Å². The Hall–Kier alpha value is -1.32. The van der Waals surface area contributed by atoms with Gasteiger partial charge >= 0.3 is 0 Å². The lowest BCUT2D eigenvalue weighted by Gasteiger charge is -2.21. The molecule has 5 nitrogen and oxygen atoms in total. The van der Waals surface area contributed by atoms with E-state index in [2.05, 4.69) is 0 Å². The summed E-state index contributed by atoms with van der Waals surface area (Å²) >= 11 is 0. The van der Waals surface area contributed by atoms with Gasteiger partial charge in [0, 0.05) is 12.2 Å². The fourth-order valence-electron chi connectivity index (χ4n) is 1.44. The minimum atomic E-state index is -4.44. The Labute approximate surface area is 108 Å². The molecule has 1 rings (SSSR count). The molecule has 0 amide bonds. The lowest BCUT2D eigenvalue weighted by atomic mass is 10.3. The number of nitrogens with two attached hydrogens (primary N) is 1. The number of sulfonamides is 1. The minimum Gasteiger partial charge on any atom is -0.399 e. The maximum absolute atomic E-state index is 13.5. The van der Waals surface area contributed by atoms with E-state index in [1.165, 1.54) is 0 Å². The third-order valence-corrected chi connectivity index (χ3v) is 4.16. The molecular formula is C10H13F3N2O3S. The first-order valence-corrected chi connectivity index (χ1v) is 6.67. The zero-order valence-corrected chi connectivity index (χ0v) is 10.6. The quantitative estimate of drug-likeness (QED) is 0.756. The predicted molar refractivity (Wildman–Crippen MR) is 62.7 cm³/mol. The van der Waals surface area contributed by atoms with Crippen LogP contribution in [-0.4, -0.2) is 44.0 Å². The Kier molecular flexibility index (Phi) is 5.15. The molecule has 19 heavy (non-hydrogen) atoms. The van der Waals surface area contributed by atoms with Crippen molar-refractivity contribution in [2.75, 3.05) is 25.4 Å². The van der Waals surface area contributed by atoms with Crippen molar-refractivity contribution in [1.82, 2.24) is 4.31 Å². The standard InChI is InChI=1S/C10H13F3N2O3S/c11-8-5-7(14)1-2-9(8)19(17,18)15(3-4-16)6-10(12)13/h1-2,5,10,16H,3-4,6,14H2. The highest BCUT2D eigenvalue weighted by Gasteiger charge is 2.29. The van der Waals surface area contributed by atoms with Crippen LogP contribution in [0.5, 0.6) is 0 Å². The summed E-state index contributed by atoms with van der Waals surface area (Å²) in [6, 6.07) is 2.83. The highest BCUT2D eigenvalue weighted by Crippen LogP contribution is 2.21.